The molecule has 6 N–H and O–H groups in total. The van der Waals surface area contributed by atoms with Crippen LogP contribution < -0.4 is 16.5 Å². The van der Waals surface area contributed by atoms with Gasteiger partial charge in [-0.15, -0.1) is 11.3 Å². The minimum Gasteiger partial charge on any atom is -0.507 e. The first-order chi connectivity index (χ1) is 21.4. The minimum atomic E-state index is -4.77. The Hall–Kier alpha value is -5.39. The number of oxime groups is 1. The van der Waals surface area contributed by atoms with Crippen LogP contribution in [0.15, 0.2) is 76.3 Å². The van der Waals surface area contributed by atoms with Crippen LogP contribution in [-0.4, -0.2) is 69.1 Å². The number of benzene rings is 3. The van der Waals surface area contributed by atoms with Crippen LogP contribution in [0, 0.1) is 0 Å². The molecule has 45 heavy (non-hydrogen) atoms. The van der Waals surface area contributed by atoms with E-state index in [2.05, 4.69) is 26.0 Å². The molecule has 3 aromatic carbocycles. The van der Waals surface area contributed by atoms with E-state index in [1.165, 1.54) is 30.7 Å². The maximum Gasteiger partial charge on any atom is 0.362 e. The number of anilines is 1. The molecule has 1 aliphatic heterocycles. The molecule has 5 rings (SSSR count). The molecule has 3 amide bonds. The number of amides is 3. The molecule has 0 saturated carbocycles. The Morgan fingerprint density at radius 1 is 1.16 bits per heavy atom. The Bertz CT molecular complexity index is 1960. The maximum absolute atomic E-state index is 13.0. The van der Waals surface area contributed by atoms with Gasteiger partial charge in [-0.3, -0.25) is 18.9 Å². The van der Waals surface area contributed by atoms with Crippen molar-refractivity contribution in [2.24, 2.45) is 10.3 Å². The number of phenols is 1. The topological polar surface area (TPSA) is 226 Å². The highest BCUT2D eigenvalue weighted by atomic mass is 32.2. The molecule has 2 atom stereocenters. The Morgan fingerprint density at radius 3 is 2.56 bits per heavy atom. The number of nitrogen functional groups attached to an aromatic ring is 1. The number of β-lactam (4-membered cyclic amide) rings is 1. The number of aromatic hydroxyl groups is 1. The van der Waals surface area contributed by atoms with Crippen molar-refractivity contribution < 1.29 is 37.3 Å². The summed E-state index contributed by atoms with van der Waals surface area (Å²) < 4.78 is 32.1. The Balaban J connectivity index is 1.20. The number of hydrogen-bond acceptors (Lipinski definition) is 12. The van der Waals surface area contributed by atoms with Crippen molar-refractivity contribution in [1.82, 2.24) is 20.0 Å². The number of aromatic nitrogens is 1. The summed E-state index contributed by atoms with van der Waals surface area (Å²) in [5.74, 6) is -2.35. The molecular formula is C28H25N7O8S2. The van der Waals surface area contributed by atoms with Crippen molar-refractivity contribution >= 4 is 67.2 Å². The van der Waals surface area contributed by atoms with Gasteiger partial charge >= 0.3 is 10.3 Å². The van der Waals surface area contributed by atoms with Gasteiger partial charge in [0.2, 0.25) is 0 Å². The number of carbonyl (C=O) groups is 3. The van der Waals surface area contributed by atoms with Gasteiger partial charge in [0.1, 0.15) is 24.1 Å². The molecule has 4 aromatic rings. The van der Waals surface area contributed by atoms with E-state index in [1.54, 1.807) is 24.3 Å². The van der Waals surface area contributed by atoms with Crippen LogP contribution in [0.3, 0.4) is 0 Å². The smallest absolute Gasteiger partial charge is 0.362 e. The monoisotopic (exact) mass is 651 g/mol. The molecule has 1 aromatic heterocycles. The molecule has 232 valence electrons. The van der Waals surface area contributed by atoms with Crippen LogP contribution in [0.5, 0.6) is 5.75 Å². The lowest BCUT2D eigenvalue weighted by Crippen LogP contribution is -2.71. The molecule has 0 radical (unpaired) electrons. The van der Waals surface area contributed by atoms with Crippen molar-refractivity contribution in [3.63, 3.8) is 0 Å². The lowest BCUT2D eigenvalue weighted by molar-refractivity contribution is -0.143. The van der Waals surface area contributed by atoms with Gasteiger partial charge in [-0.05, 0) is 36.1 Å². The van der Waals surface area contributed by atoms with Gasteiger partial charge in [-0.25, -0.2) is 14.7 Å². The van der Waals surface area contributed by atoms with E-state index >= 15 is 0 Å². The summed E-state index contributed by atoms with van der Waals surface area (Å²) in [5, 5.41) is 23.8. The van der Waals surface area contributed by atoms with Gasteiger partial charge in [-0.2, -0.15) is 13.5 Å². The van der Waals surface area contributed by atoms with Crippen molar-refractivity contribution in [3.05, 3.63) is 88.4 Å². The molecular weight excluding hydrogens is 626 g/mol. The number of hydrazone groups is 1. The molecule has 0 unspecified atom stereocenters. The van der Waals surface area contributed by atoms with Gasteiger partial charge in [0, 0.05) is 21.9 Å². The molecule has 15 nitrogen and oxygen atoms in total. The van der Waals surface area contributed by atoms with Crippen molar-refractivity contribution in [1.29, 1.82) is 0 Å². The zero-order valence-corrected chi connectivity index (χ0v) is 24.9. The predicted octanol–water partition coefficient (Wildman–Crippen LogP) is 1.79. The lowest BCUT2D eigenvalue weighted by Gasteiger charge is -2.42. The summed E-state index contributed by atoms with van der Waals surface area (Å²) >= 11 is 1.04. The summed E-state index contributed by atoms with van der Waals surface area (Å²) in [6.45, 7) is 1.22. The first kappa shape index (κ1) is 31.0. The molecule has 17 heteroatoms. The number of nitrogens with one attached hydrogen (secondary N) is 2. The second-order valence-electron chi connectivity index (χ2n) is 9.71. The fourth-order valence-electron chi connectivity index (χ4n) is 4.44. The van der Waals surface area contributed by atoms with Crippen molar-refractivity contribution in [2.75, 3.05) is 5.73 Å². The fourth-order valence-corrected chi connectivity index (χ4v) is 5.87. The number of nitrogens with two attached hydrogens (primary N) is 1. The summed E-state index contributed by atoms with van der Waals surface area (Å²) in [6, 6.07) is 14.8. The number of fused-ring (bicyclic) bond motifs is 1. The van der Waals surface area contributed by atoms with E-state index in [0.717, 1.165) is 16.7 Å². The van der Waals surface area contributed by atoms with E-state index in [0.29, 0.717) is 22.1 Å². The summed E-state index contributed by atoms with van der Waals surface area (Å²) in [4.78, 5) is 47.1. The van der Waals surface area contributed by atoms with Crippen molar-refractivity contribution in [2.45, 2.75) is 25.6 Å². The molecule has 1 saturated heterocycles. The standard InChI is InChI=1S/C28H25N7O8S2/c1-15-22(27(39)35(15)45(40,41)42)32-26(38)23(21-14-44-28(29)31-21)34-43-13-16-6-8-18(9-7-16)25(37)33-30-12-19-11-10-17-4-2-3-5-20(17)24(19)36/h2-12,14-15,22,36H,13H2,1H3,(H2,29,31)(H,32,38)(H,33,37)(H,40,41,42)/b30-12+,34-23-/t15-,22-/m0/s1. The third-order valence-electron chi connectivity index (χ3n) is 6.76. The minimum absolute atomic E-state index is 0.0480. The van der Waals surface area contributed by atoms with Gasteiger partial charge < -0.3 is 21.0 Å². The SMILES string of the molecule is C[C@H]1[C@H](NC(=O)/C(=N\OCc2ccc(C(=O)N/N=C/c3ccc4ccccc4c3O)cc2)c2csc(N)n2)C(=O)N1S(=O)(=O)O. The van der Waals surface area contributed by atoms with Crippen LogP contribution in [-0.2, 0) is 31.3 Å². The van der Waals surface area contributed by atoms with Gasteiger partial charge in [0.25, 0.3) is 17.7 Å². The third-order valence-corrected chi connectivity index (χ3v) is 8.44. The van der Waals surface area contributed by atoms with Crippen LogP contribution in [0.4, 0.5) is 5.13 Å². The van der Waals surface area contributed by atoms with E-state index < -0.39 is 40.1 Å². The van der Waals surface area contributed by atoms with E-state index in [-0.39, 0.29) is 33.2 Å². The second kappa shape index (κ2) is 12.7. The van der Waals surface area contributed by atoms with Crippen LogP contribution >= 0.6 is 11.3 Å². The Kier molecular flexibility index (Phi) is 8.75. The number of hydrogen-bond donors (Lipinski definition) is 5. The summed E-state index contributed by atoms with van der Waals surface area (Å²) in [5.41, 5.74) is 9.14. The van der Waals surface area contributed by atoms with Crippen molar-refractivity contribution in [3.8, 4) is 5.75 Å². The van der Waals surface area contributed by atoms with Gasteiger partial charge in [0.05, 0.1) is 12.3 Å². The van der Waals surface area contributed by atoms with E-state index in [9.17, 15) is 32.5 Å². The van der Waals surface area contributed by atoms with Gasteiger partial charge in [-0.1, -0.05) is 47.6 Å². The largest absolute Gasteiger partial charge is 0.507 e. The zero-order chi connectivity index (χ0) is 32.3. The Labute approximate surface area is 259 Å². The Morgan fingerprint density at radius 2 is 1.89 bits per heavy atom. The first-order valence-electron chi connectivity index (χ1n) is 13.1. The van der Waals surface area contributed by atoms with Gasteiger partial charge in [0.15, 0.2) is 10.8 Å². The number of rotatable bonds is 10. The molecule has 1 fully saturated rings. The van der Waals surface area contributed by atoms with E-state index in [4.69, 9.17) is 10.6 Å². The number of carbonyl (C=O) groups excluding carboxylic acids is 3. The molecule has 0 aliphatic carbocycles. The zero-order valence-electron chi connectivity index (χ0n) is 23.3. The quantitative estimate of drug-likeness (QED) is 0.0723. The second-order valence-corrected chi connectivity index (χ2v) is 11.9. The highest BCUT2D eigenvalue weighted by Crippen LogP contribution is 2.27. The highest BCUT2D eigenvalue weighted by molar-refractivity contribution is 7.84. The predicted molar refractivity (Wildman–Crippen MR) is 165 cm³/mol. The lowest BCUT2D eigenvalue weighted by atomic mass is 10.0. The third kappa shape index (κ3) is 6.74. The molecule has 2 heterocycles. The first-order valence-corrected chi connectivity index (χ1v) is 15.4. The average Bonchev–Trinajstić information content (AvgIpc) is 3.44. The summed E-state index contributed by atoms with van der Waals surface area (Å²) in [6.07, 6.45) is 1.34. The fraction of sp³-hybridized carbons (Fsp3) is 0.143. The average molecular weight is 652 g/mol. The molecule has 0 spiro atoms. The summed E-state index contributed by atoms with van der Waals surface area (Å²) in [7, 11) is -4.77. The number of nitrogens with zero attached hydrogens (tertiary/aromatic N) is 4. The van der Waals surface area contributed by atoms with E-state index in [1.807, 2.05) is 24.3 Å². The highest BCUT2D eigenvalue weighted by Gasteiger charge is 2.51. The van der Waals surface area contributed by atoms with Crippen LogP contribution in [0.1, 0.15) is 34.1 Å². The molecule has 0 bridgehead atoms. The number of phenolic OH excluding ortho intramolecular Hbond substituents is 1. The normalized spacial score (nSPS) is 16.9. The number of thiazole rings is 1. The maximum atomic E-state index is 13.0. The van der Waals surface area contributed by atoms with Crippen LogP contribution in [0.2, 0.25) is 0 Å². The molecule has 1 aliphatic rings. The van der Waals surface area contributed by atoms with Crippen LogP contribution in [0.25, 0.3) is 10.8 Å².